The van der Waals surface area contributed by atoms with Gasteiger partial charge in [-0.15, -0.1) is 0 Å². The maximum absolute atomic E-state index is 12.0. The number of carbonyl (C=O) groups excluding carboxylic acids is 1. The van der Waals surface area contributed by atoms with Gasteiger partial charge >= 0.3 is 5.97 Å². The van der Waals surface area contributed by atoms with Crippen molar-refractivity contribution in [3.8, 4) is 0 Å². The molecular weight excluding hydrogens is 422 g/mol. The molecule has 7 nitrogen and oxygen atoms in total. The van der Waals surface area contributed by atoms with Crippen molar-refractivity contribution in [2.24, 2.45) is 46.3 Å². The van der Waals surface area contributed by atoms with Crippen molar-refractivity contribution in [3.63, 3.8) is 0 Å². The normalized spacial score (nSPS) is 44.8. The third-order valence-corrected chi connectivity index (χ3v) is 10.8. The Bertz CT molecular complexity index is 770. The summed E-state index contributed by atoms with van der Waals surface area (Å²) in [7, 11) is 0. The number of hydrogen-bond acceptors (Lipinski definition) is 5. The number of fused-ring (bicyclic) bond motifs is 5. The number of nitrogens with one attached hydrogen (secondary N) is 1. The fourth-order valence-corrected chi connectivity index (χ4v) is 9.06. The third kappa shape index (κ3) is 4.34. The fraction of sp³-hybridized carbons (Fsp3) is 0.923. The van der Waals surface area contributed by atoms with Crippen LogP contribution in [0.25, 0.3) is 0 Å². The Morgan fingerprint density at radius 1 is 1.00 bits per heavy atom. The zero-order valence-electron chi connectivity index (χ0n) is 20.4. The molecule has 0 saturated heterocycles. The third-order valence-electron chi connectivity index (χ3n) is 10.8. The number of carboxylic acids is 1. The maximum Gasteiger partial charge on any atom is 0.322 e. The van der Waals surface area contributed by atoms with Crippen LogP contribution in [0.2, 0.25) is 0 Å². The van der Waals surface area contributed by atoms with E-state index in [4.69, 9.17) is 5.11 Å². The van der Waals surface area contributed by atoms with Gasteiger partial charge in [0.15, 0.2) is 5.79 Å². The Morgan fingerprint density at radius 2 is 1.70 bits per heavy atom. The first-order valence-corrected chi connectivity index (χ1v) is 13.0. The lowest BCUT2D eigenvalue weighted by Crippen LogP contribution is -2.60. The van der Waals surface area contributed by atoms with Gasteiger partial charge in [-0.2, -0.15) is 0 Å². The van der Waals surface area contributed by atoms with E-state index >= 15 is 0 Å². The largest absolute Gasteiger partial charge is 0.480 e. The molecule has 4 saturated carbocycles. The first-order chi connectivity index (χ1) is 15.4. The van der Waals surface area contributed by atoms with Crippen LogP contribution in [-0.4, -0.2) is 50.7 Å². The predicted molar refractivity (Wildman–Crippen MR) is 123 cm³/mol. The summed E-state index contributed by atoms with van der Waals surface area (Å²) in [5.74, 6) is -0.119. The molecule has 188 valence electrons. The van der Waals surface area contributed by atoms with E-state index in [1.54, 1.807) is 0 Å². The van der Waals surface area contributed by atoms with Gasteiger partial charge in [0.2, 0.25) is 5.91 Å². The molecule has 0 aromatic carbocycles. The lowest BCUT2D eigenvalue weighted by Gasteiger charge is -2.62. The summed E-state index contributed by atoms with van der Waals surface area (Å²) in [5, 5.41) is 42.3. The molecule has 4 aliphatic carbocycles. The summed E-state index contributed by atoms with van der Waals surface area (Å²) in [6.07, 6.45) is 7.65. The molecule has 0 aromatic rings. The zero-order valence-corrected chi connectivity index (χ0v) is 20.4. The highest BCUT2D eigenvalue weighted by molar-refractivity contribution is 5.81. The molecule has 0 spiro atoms. The molecule has 0 aromatic heterocycles. The number of hydrogen-bond donors (Lipinski definition) is 5. The highest BCUT2D eigenvalue weighted by Gasteiger charge is 2.63. The molecule has 4 aliphatic rings. The van der Waals surface area contributed by atoms with E-state index in [0.29, 0.717) is 42.4 Å². The molecule has 7 heteroatoms. The minimum atomic E-state index is -1.95. The van der Waals surface area contributed by atoms with E-state index in [9.17, 15) is 24.9 Å². The monoisotopic (exact) mass is 465 g/mol. The molecule has 0 radical (unpaired) electrons. The second kappa shape index (κ2) is 8.80. The number of rotatable bonds is 6. The van der Waals surface area contributed by atoms with Gasteiger partial charge in [0.1, 0.15) is 12.6 Å². The molecule has 4 fully saturated rings. The van der Waals surface area contributed by atoms with Gasteiger partial charge in [0.25, 0.3) is 0 Å². The Kier molecular flexibility index (Phi) is 6.64. The van der Waals surface area contributed by atoms with Crippen molar-refractivity contribution in [2.45, 2.75) is 96.9 Å². The smallest absolute Gasteiger partial charge is 0.322 e. The highest BCUT2D eigenvalue weighted by Crippen LogP contribution is 2.68. The molecule has 1 amide bonds. The average Bonchev–Trinajstić information content (AvgIpc) is 3.09. The Hall–Kier alpha value is -1.18. The van der Waals surface area contributed by atoms with Gasteiger partial charge in [-0.05, 0) is 97.7 Å². The van der Waals surface area contributed by atoms with Gasteiger partial charge in [0, 0.05) is 12.8 Å². The van der Waals surface area contributed by atoms with E-state index in [1.165, 1.54) is 12.8 Å². The van der Waals surface area contributed by atoms with E-state index in [0.717, 1.165) is 32.1 Å². The number of amides is 1. The zero-order chi connectivity index (χ0) is 24.2. The lowest BCUT2D eigenvalue weighted by molar-refractivity contribution is -0.284. The molecular formula is C26H43NO6. The molecule has 9 atom stereocenters. The van der Waals surface area contributed by atoms with Crippen LogP contribution in [0, 0.1) is 46.3 Å². The van der Waals surface area contributed by atoms with Crippen molar-refractivity contribution in [1.29, 1.82) is 0 Å². The minimum absolute atomic E-state index is 0.0371. The van der Waals surface area contributed by atoms with Crippen molar-refractivity contribution in [3.05, 3.63) is 0 Å². The summed E-state index contributed by atoms with van der Waals surface area (Å²) >= 11 is 0. The SMILES string of the molecule is C[C@H](CCC(=O)NCC(=O)O)[C@H]1CCC2C3CC[C@@H]4CC(O)(O)C(O)C[C@]4(C)C3CC[C@@]21C. The van der Waals surface area contributed by atoms with Crippen molar-refractivity contribution in [1.82, 2.24) is 5.32 Å². The van der Waals surface area contributed by atoms with E-state index < -0.39 is 17.9 Å². The average molecular weight is 466 g/mol. The van der Waals surface area contributed by atoms with Crippen LogP contribution in [0.4, 0.5) is 0 Å². The first-order valence-electron chi connectivity index (χ1n) is 13.0. The topological polar surface area (TPSA) is 127 Å². The van der Waals surface area contributed by atoms with Crippen LogP contribution in [0.15, 0.2) is 0 Å². The van der Waals surface area contributed by atoms with Crippen LogP contribution in [-0.2, 0) is 9.59 Å². The summed E-state index contributed by atoms with van der Waals surface area (Å²) in [6.45, 7) is 6.69. The van der Waals surface area contributed by atoms with Gasteiger partial charge in [0.05, 0.1) is 0 Å². The molecule has 0 bridgehead atoms. The second-order valence-electron chi connectivity index (χ2n) is 12.4. The Morgan fingerprint density at radius 3 is 2.39 bits per heavy atom. The fourth-order valence-electron chi connectivity index (χ4n) is 9.06. The summed E-state index contributed by atoms with van der Waals surface area (Å²) in [4.78, 5) is 22.7. The van der Waals surface area contributed by atoms with Crippen LogP contribution in [0.5, 0.6) is 0 Å². The first kappa shape index (κ1) is 24.9. The van der Waals surface area contributed by atoms with Gasteiger partial charge in [-0.25, -0.2) is 0 Å². The molecule has 4 unspecified atom stereocenters. The van der Waals surface area contributed by atoms with Crippen LogP contribution < -0.4 is 5.32 Å². The number of aliphatic hydroxyl groups excluding tert-OH is 1. The highest BCUT2D eigenvalue weighted by atomic mass is 16.5. The maximum atomic E-state index is 12.0. The van der Waals surface area contributed by atoms with Gasteiger partial charge in [-0.3, -0.25) is 9.59 Å². The van der Waals surface area contributed by atoms with Crippen LogP contribution in [0.1, 0.15) is 85.0 Å². The minimum Gasteiger partial charge on any atom is -0.480 e. The van der Waals surface area contributed by atoms with Crippen molar-refractivity contribution < 1.29 is 30.0 Å². The lowest BCUT2D eigenvalue weighted by atomic mass is 9.44. The second-order valence-corrected chi connectivity index (χ2v) is 12.4. The number of carboxylic acid groups (broad SMARTS) is 1. The molecule has 33 heavy (non-hydrogen) atoms. The number of aliphatic carboxylic acids is 1. The summed E-state index contributed by atoms with van der Waals surface area (Å²) in [5.41, 5.74) is 0.219. The number of carbonyl (C=O) groups is 2. The number of aliphatic hydroxyl groups is 3. The van der Waals surface area contributed by atoms with Gasteiger partial charge in [-0.1, -0.05) is 20.8 Å². The standard InChI is InChI=1S/C26H43NO6/c1-15(4-9-22(29)27-14-23(30)31)18-7-8-19-17-6-5-16-12-26(32,33)21(28)13-25(16,3)20(17)10-11-24(18,19)2/h15-21,28,32-33H,4-14H2,1-3H3,(H,27,29)(H,30,31)/t15-,16-,17?,18-,19?,20?,21?,24-,25+/m1/s1. The van der Waals surface area contributed by atoms with E-state index in [1.807, 2.05) is 0 Å². The molecule has 0 aliphatic heterocycles. The van der Waals surface area contributed by atoms with E-state index in [2.05, 4.69) is 26.1 Å². The molecule has 4 rings (SSSR count). The quantitative estimate of drug-likeness (QED) is 0.384. The van der Waals surface area contributed by atoms with E-state index in [-0.39, 0.29) is 35.6 Å². The van der Waals surface area contributed by atoms with Crippen molar-refractivity contribution in [2.75, 3.05) is 6.54 Å². The molecule has 0 heterocycles. The predicted octanol–water partition coefficient (Wildman–Crippen LogP) is 2.91. The Labute approximate surface area is 197 Å². The van der Waals surface area contributed by atoms with Crippen molar-refractivity contribution >= 4 is 11.9 Å². The van der Waals surface area contributed by atoms with Crippen LogP contribution >= 0.6 is 0 Å². The molecule has 5 N–H and O–H groups in total. The van der Waals surface area contributed by atoms with Crippen LogP contribution in [0.3, 0.4) is 0 Å². The summed E-state index contributed by atoms with van der Waals surface area (Å²) in [6, 6.07) is 0. The van der Waals surface area contributed by atoms with Gasteiger partial charge < -0.3 is 25.7 Å². The summed E-state index contributed by atoms with van der Waals surface area (Å²) < 4.78 is 0. The Balaban J connectivity index is 1.42.